The van der Waals surface area contributed by atoms with Gasteiger partial charge in [0.05, 0.1) is 51.7 Å². The predicted octanol–water partition coefficient (Wildman–Crippen LogP) is 10.7. The first-order valence-corrected chi connectivity index (χ1v) is 27.5. The van der Waals surface area contributed by atoms with Gasteiger partial charge in [-0.2, -0.15) is 0 Å². The van der Waals surface area contributed by atoms with E-state index in [2.05, 4.69) is 32.0 Å². The van der Waals surface area contributed by atoms with Gasteiger partial charge in [-0.05, 0) is 106 Å². The van der Waals surface area contributed by atoms with Crippen LogP contribution >= 0.6 is 11.3 Å². The van der Waals surface area contributed by atoms with Crippen molar-refractivity contribution >= 4 is 40.0 Å². The van der Waals surface area contributed by atoms with Gasteiger partial charge in [0, 0.05) is 42.9 Å². The Morgan fingerprint density at radius 3 is 2.19 bits per heavy atom. The Morgan fingerprint density at radius 1 is 0.836 bits per heavy atom. The Kier molecular flexibility index (Phi) is 19.6. The number of rotatable bonds is 24. The van der Waals surface area contributed by atoms with E-state index in [1.165, 1.54) is 0 Å². The second-order valence-electron chi connectivity index (χ2n) is 22.1. The van der Waals surface area contributed by atoms with E-state index in [4.69, 9.17) is 14.5 Å². The highest BCUT2D eigenvalue weighted by Gasteiger charge is 2.42. The number of hydrogen-bond acceptors (Lipinski definition) is 13. The average Bonchev–Trinajstić information content (AvgIpc) is 4.13. The molecule has 2 amide bonds. The number of carbonyl (C=O) groups excluding carboxylic acids is 3. The zero-order valence-corrected chi connectivity index (χ0v) is 45.0. The number of thiazole rings is 1. The fraction of sp³-hybridized carbons (Fsp3) is 0.552. The number of esters is 1. The van der Waals surface area contributed by atoms with Gasteiger partial charge in [-0.25, -0.2) is 19.7 Å². The summed E-state index contributed by atoms with van der Waals surface area (Å²) >= 11 is 1.60. The van der Waals surface area contributed by atoms with Crippen molar-refractivity contribution in [1.82, 2.24) is 35.8 Å². The van der Waals surface area contributed by atoms with Gasteiger partial charge in [-0.1, -0.05) is 109 Å². The first-order valence-electron chi connectivity index (χ1n) is 26.6. The van der Waals surface area contributed by atoms with Gasteiger partial charge in [0.1, 0.15) is 23.7 Å². The zero-order chi connectivity index (χ0) is 52.1. The maximum Gasteiger partial charge on any atom is 0.338 e. The van der Waals surface area contributed by atoms with Crippen molar-refractivity contribution in [3.05, 3.63) is 94.9 Å². The molecule has 5 N–H and O–H groups in total. The second kappa shape index (κ2) is 25.8. The fourth-order valence-corrected chi connectivity index (χ4v) is 10.9. The van der Waals surface area contributed by atoms with Crippen LogP contribution in [-0.2, 0) is 20.9 Å². The highest BCUT2D eigenvalue weighted by atomic mass is 32.1. The van der Waals surface area contributed by atoms with Crippen molar-refractivity contribution in [2.45, 2.75) is 188 Å². The summed E-state index contributed by atoms with van der Waals surface area (Å²) in [6.45, 7) is 14.6. The standard InChI is InChI=1S/C58H79N7O7S/c1-38-52(73-37-62-38)41-24-22-39(23-25-41)34-59-56(70)63-49-32-43(66)35-65(49)54(68)53(57(2,3)4)64-50(67)21-15-13-11-9-8-10-12-14-18-30-71-44-27-29-46-48(33-44)60-36-61-51(46)42-26-28-45(55(69)72-58(5,6)7)47(31-42)40-19-16-17-20-40/h22-29,31,33,36-37,40,43,49,53,56,59,63,66,70H,8-21,30,32,34-35H2,1-7H3,(H,64,67)/t43-,49+,53-,56?/m1/s1. The molecule has 3 aromatic carbocycles. The molecule has 2 aliphatic rings. The van der Waals surface area contributed by atoms with E-state index < -0.39 is 35.7 Å². The van der Waals surface area contributed by atoms with Gasteiger partial charge >= 0.3 is 5.97 Å². The van der Waals surface area contributed by atoms with Gasteiger partial charge in [0.15, 0.2) is 6.35 Å². The molecule has 1 unspecified atom stereocenters. The molecule has 2 fully saturated rings. The van der Waals surface area contributed by atoms with Crippen LogP contribution in [0.15, 0.2) is 72.5 Å². The summed E-state index contributed by atoms with van der Waals surface area (Å²) < 4.78 is 12.0. The smallest absolute Gasteiger partial charge is 0.338 e. The number of unbranched alkanes of at least 4 members (excludes halogenated alkanes) is 8. The summed E-state index contributed by atoms with van der Waals surface area (Å²) in [7, 11) is 0. The quantitative estimate of drug-likeness (QED) is 0.0224. The Morgan fingerprint density at radius 2 is 1.52 bits per heavy atom. The van der Waals surface area contributed by atoms with E-state index in [1.807, 2.05) is 109 Å². The molecule has 7 rings (SSSR count). The van der Waals surface area contributed by atoms with Crippen LogP contribution in [0, 0.1) is 12.3 Å². The topological polar surface area (TPSA) is 188 Å². The second-order valence-corrected chi connectivity index (χ2v) is 23.0. The zero-order valence-electron chi connectivity index (χ0n) is 44.2. The number of likely N-dealkylation sites (tertiary alicyclic amines) is 1. The Bertz CT molecular complexity index is 2600. The highest BCUT2D eigenvalue weighted by molar-refractivity contribution is 7.13. The average molecular weight is 1020 g/mol. The molecule has 394 valence electrons. The molecule has 0 radical (unpaired) electrons. The van der Waals surface area contributed by atoms with Crippen molar-refractivity contribution in [3.8, 4) is 27.4 Å². The number of aromatic nitrogens is 3. The third-order valence-electron chi connectivity index (χ3n) is 14.0. The summed E-state index contributed by atoms with van der Waals surface area (Å²) in [5, 5.41) is 31.6. The highest BCUT2D eigenvalue weighted by Crippen LogP contribution is 2.39. The number of nitrogens with one attached hydrogen (secondary N) is 3. The van der Waals surface area contributed by atoms with Crippen LogP contribution < -0.4 is 20.7 Å². The van der Waals surface area contributed by atoms with E-state index in [0.29, 0.717) is 31.1 Å². The number of carbonyl (C=O) groups is 3. The van der Waals surface area contributed by atoms with Crippen molar-refractivity contribution in [2.24, 2.45) is 5.41 Å². The van der Waals surface area contributed by atoms with Gasteiger partial charge in [0.2, 0.25) is 11.8 Å². The molecule has 15 heteroatoms. The van der Waals surface area contributed by atoms with Gasteiger partial charge in [-0.15, -0.1) is 11.3 Å². The van der Waals surface area contributed by atoms with Crippen molar-refractivity contribution in [1.29, 1.82) is 0 Å². The maximum atomic E-state index is 14.0. The molecule has 0 bridgehead atoms. The number of aliphatic hydroxyl groups is 2. The molecule has 4 atom stereocenters. The van der Waals surface area contributed by atoms with Crippen LogP contribution in [0.4, 0.5) is 0 Å². The number of β-amino-alcohol motifs (C(OH)–C–C–N with tert-alkyl or cyclic N) is 1. The number of aryl methyl sites for hydroxylation is 1. The molecule has 1 saturated carbocycles. The minimum Gasteiger partial charge on any atom is -0.494 e. The number of benzene rings is 3. The number of amides is 2. The molecule has 0 spiro atoms. The number of nitrogens with zero attached hydrogens (tertiary/aromatic N) is 4. The largest absolute Gasteiger partial charge is 0.494 e. The van der Waals surface area contributed by atoms with Crippen molar-refractivity contribution in [2.75, 3.05) is 13.2 Å². The Hall–Kier alpha value is -5.32. The first kappa shape index (κ1) is 55.4. The molecular weight excluding hydrogens is 939 g/mol. The molecule has 1 saturated heterocycles. The number of ether oxygens (including phenoxy) is 2. The van der Waals surface area contributed by atoms with E-state index >= 15 is 0 Å². The number of fused-ring (bicyclic) bond motifs is 1. The molecule has 2 aromatic heterocycles. The molecular formula is C58H79N7O7S. The van der Waals surface area contributed by atoms with E-state index in [-0.39, 0.29) is 30.7 Å². The summed E-state index contributed by atoms with van der Waals surface area (Å²) in [6.07, 6.45) is 13.5. The summed E-state index contributed by atoms with van der Waals surface area (Å²) in [5.74, 6) is 0.396. The third-order valence-corrected chi connectivity index (χ3v) is 14.9. The lowest BCUT2D eigenvalue weighted by molar-refractivity contribution is -0.141. The van der Waals surface area contributed by atoms with Crippen molar-refractivity contribution < 1.29 is 34.1 Å². The molecule has 5 aromatic rings. The SMILES string of the molecule is Cc1ncsc1-c1ccc(CNC(O)N[C@@H]2C[C@@H](O)CN2C(=O)[C@@H](NC(=O)CCCCCCCCCCCOc2ccc3c(-c4ccc(C(=O)OC(C)(C)C)c(C5CCCC5)c4)ncnc3c2)C(C)(C)C)cc1. The fourth-order valence-electron chi connectivity index (χ4n) is 10.0. The van der Waals surface area contributed by atoms with Gasteiger partial charge in [0.25, 0.3) is 0 Å². The van der Waals surface area contributed by atoms with Crippen LogP contribution in [0.25, 0.3) is 32.6 Å². The monoisotopic (exact) mass is 1020 g/mol. The van der Waals surface area contributed by atoms with Crippen LogP contribution in [0.2, 0.25) is 0 Å². The lowest BCUT2D eigenvalue weighted by Crippen LogP contribution is -2.59. The van der Waals surface area contributed by atoms with E-state index in [9.17, 15) is 24.6 Å². The molecule has 3 heterocycles. The lowest BCUT2D eigenvalue weighted by Gasteiger charge is -2.36. The number of hydrogen-bond donors (Lipinski definition) is 5. The lowest BCUT2D eigenvalue weighted by atomic mass is 9.85. The van der Waals surface area contributed by atoms with Crippen LogP contribution in [0.5, 0.6) is 5.75 Å². The summed E-state index contributed by atoms with van der Waals surface area (Å²) in [4.78, 5) is 56.8. The molecule has 73 heavy (non-hydrogen) atoms. The number of aliphatic hydroxyl groups excluding tert-OH is 2. The predicted molar refractivity (Wildman–Crippen MR) is 289 cm³/mol. The van der Waals surface area contributed by atoms with Gasteiger partial charge in [-0.3, -0.25) is 20.2 Å². The molecule has 1 aliphatic heterocycles. The first-order chi connectivity index (χ1) is 34.9. The molecule has 1 aliphatic carbocycles. The maximum absolute atomic E-state index is 14.0. The van der Waals surface area contributed by atoms with E-state index in [1.54, 1.807) is 22.6 Å². The molecule has 14 nitrogen and oxygen atoms in total. The normalized spacial score (nSPS) is 17.2. The van der Waals surface area contributed by atoms with Gasteiger partial charge < -0.3 is 29.9 Å². The minimum absolute atomic E-state index is 0.112. The van der Waals surface area contributed by atoms with Crippen LogP contribution in [0.3, 0.4) is 0 Å². The Labute approximate surface area is 436 Å². The Balaban J connectivity index is 0.771. The van der Waals surface area contributed by atoms with Crippen LogP contribution in [0.1, 0.15) is 171 Å². The van der Waals surface area contributed by atoms with Crippen molar-refractivity contribution in [3.63, 3.8) is 0 Å². The van der Waals surface area contributed by atoms with E-state index in [0.717, 1.165) is 139 Å². The summed E-state index contributed by atoms with van der Waals surface area (Å²) in [6, 6.07) is 19.3. The summed E-state index contributed by atoms with van der Waals surface area (Å²) in [5.41, 5.74) is 8.08. The third kappa shape index (κ3) is 15.8. The van der Waals surface area contributed by atoms with Crippen LogP contribution in [-0.4, -0.2) is 91.3 Å². The minimum atomic E-state index is -1.13.